The predicted octanol–water partition coefficient (Wildman–Crippen LogP) is 2.25. The number of carbonyl (C=O) groups excluding carboxylic acids is 1. The van der Waals surface area contributed by atoms with Gasteiger partial charge in [-0.2, -0.15) is 0 Å². The van der Waals surface area contributed by atoms with Crippen LogP contribution in [0.15, 0.2) is 53.4 Å². The van der Waals surface area contributed by atoms with Crippen molar-refractivity contribution < 1.29 is 37.4 Å². The standard InChI is InChI=1S/C21H23FN2O7S/c22-14-3-5-15(6-4-14)31-16-7-9-17(10-8-16)32(29,30)18-2-1-12-21(18,20(27)24-28)23-13-11-19(25)26/h3-10,18,23,28H,1-2,11-13H2,(H,24,27)(H,25,26). The molecule has 1 fully saturated rings. The molecule has 0 aliphatic heterocycles. The highest BCUT2D eigenvalue weighted by Gasteiger charge is 2.54. The summed E-state index contributed by atoms with van der Waals surface area (Å²) in [5, 5.41) is 19.7. The topological polar surface area (TPSA) is 142 Å². The Labute approximate surface area is 184 Å². The first-order valence-corrected chi connectivity index (χ1v) is 11.4. The summed E-state index contributed by atoms with van der Waals surface area (Å²) in [5.41, 5.74) is -0.141. The van der Waals surface area contributed by atoms with Crippen LogP contribution >= 0.6 is 0 Å². The number of benzene rings is 2. The summed E-state index contributed by atoms with van der Waals surface area (Å²) in [7, 11) is -4.03. The molecule has 1 aliphatic rings. The average Bonchev–Trinajstić information content (AvgIpc) is 3.21. The summed E-state index contributed by atoms with van der Waals surface area (Å²) in [5.74, 6) is -1.74. The van der Waals surface area contributed by atoms with E-state index in [2.05, 4.69) is 5.32 Å². The van der Waals surface area contributed by atoms with E-state index in [1.54, 1.807) is 0 Å². The van der Waals surface area contributed by atoms with Crippen molar-refractivity contribution in [2.75, 3.05) is 6.54 Å². The number of hydrogen-bond donors (Lipinski definition) is 4. The van der Waals surface area contributed by atoms with E-state index >= 15 is 0 Å². The minimum absolute atomic E-state index is 0.0500. The molecule has 0 bridgehead atoms. The quantitative estimate of drug-likeness (QED) is 0.326. The van der Waals surface area contributed by atoms with Crippen LogP contribution in [-0.4, -0.2) is 47.9 Å². The van der Waals surface area contributed by atoms with Crippen molar-refractivity contribution >= 4 is 21.7 Å². The van der Waals surface area contributed by atoms with E-state index < -0.39 is 38.3 Å². The molecular weight excluding hydrogens is 443 g/mol. The fraction of sp³-hybridized carbons (Fsp3) is 0.333. The van der Waals surface area contributed by atoms with Gasteiger partial charge >= 0.3 is 5.97 Å². The van der Waals surface area contributed by atoms with Gasteiger partial charge in [0.15, 0.2) is 9.84 Å². The molecule has 1 aliphatic carbocycles. The second-order valence-electron chi connectivity index (χ2n) is 7.44. The molecule has 9 nitrogen and oxygen atoms in total. The third-order valence-electron chi connectivity index (χ3n) is 5.45. The highest BCUT2D eigenvalue weighted by Crippen LogP contribution is 2.39. The fourth-order valence-electron chi connectivity index (χ4n) is 3.93. The number of rotatable bonds is 9. The predicted molar refractivity (Wildman–Crippen MR) is 111 cm³/mol. The Morgan fingerprint density at radius 2 is 1.69 bits per heavy atom. The van der Waals surface area contributed by atoms with Gasteiger partial charge in [0.2, 0.25) is 0 Å². The Balaban J connectivity index is 1.84. The van der Waals surface area contributed by atoms with Gasteiger partial charge in [0.05, 0.1) is 16.6 Å². The zero-order valence-corrected chi connectivity index (χ0v) is 17.8. The van der Waals surface area contributed by atoms with E-state index in [1.807, 2.05) is 0 Å². The molecule has 3 rings (SSSR count). The molecular formula is C21H23FN2O7S. The van der Waals surface area contributed by atoms with Gasteiger partial charge in [-0.3, -0.25) is 14.8 Å². The molecule has 2 unspecified atom stereocenters. The number of hydrogen-bond acceptors (Lipinski definition) is 7. The SMILES string of the molecule is O=C(O)CCNC1(C(=O)NO)CCCC1S(=O)(=O)c1ccc(Oc2ccc(F)cc2)cc1. The van der Waals surface area contributed by atoms with Crippen LogP contribution in [0.5, 0.6) is 11.5 Å². The monoisotopic (exact) mass is 466 g/mol. The zero-order chi connectivity index (χ0) is 23.4. The zero-order valence-electron chi connectivity index (χ0n) is 17.0. The second kappa shape index (κ2) is 9.63. The third-order valence-corrected chi connectivity index (χ3v) is 7.77. The lowest BCUT2D eigenvalue weighted by atomic mass is 9.96. The van der Waals surface area contributed by atoms with Crippen molar-refractivity contribution in [3.8, 4) is 11.5 Å². The number of nitrogens with one attached hydrogen (secondary N) is 2. The van der Waals surface area contributed by atoms with Gasteiger partial charge in [-0.25, -0.2) is 18.3 Å². The first-order valence-electron chi connectivity index (χ1n) is 9.88. The van der Waals surface area contributed by atoms with E-state index in [0.717, 1.165) is 0 Å². The summed E-state index contributed by atoms with van der Waals surface area (Å²) in [4.78, 5) is 23.3. The maximum atomic E-state index is 13.4. The van der Waals surface area contributed by atoms with Crippen LogP contribution in [0.25, 0.3) is 0 Å². The molecule has 32 heavy (non-hydrogen) atoms. The van der Waals surface area contributed by atoms with Gasteiger partial charge in [-0.15, -0.1) is 0 Å². The van der Waals surface area contributed by atoms with Crippen LogP contribution in [-0.2, 0) is 19.4 Å². The van der Waals surface area contributed by atoms with Crippen molar-refractivity contribution in [2.24, 2.45) is 0 Å². The molecule has 0 spiro atoms. The first kappa shape index (κ1) is 23.6. The van der Waals surface area contributed by atoms with Crippen LogP contribution in [0.2, 0.25) is 0 Å². The van der Waals surface area contributed by atoms with Crippen LogP contribution in [0.3, 0.4) is 0 Å². The van der Waals surface area contributed by atoms with Gasteiger partial charge in [-0.1, -0.05) is 0 Å². The molecule has 0 heterocycles. The Hall–Kier alpha value is -3.02. The Bertz CT molecular complexity index is 1070. The number of aliphatic carboxylic acids is 1. The van der Waals surface area contributed by atoms with E-state index in [4.69, 9.17) is 9.84 Å². The fourth-order valence-corrected chi connectivity index (χ4v) is 6.09. The first-order chi connectivity index (χ1) is 15.2. The lowest BCUT2D eigenvalue weighted by Gasteiger charge is -2.34. The highest BCUT2D eigenvalue weighted by atomic mass is 32.2. The minimum atomic E-state index is -4.03. The number of amides is 1. The van der Waals surface area contributed by atoms with Crippen molar-refractivity contribution in [1.82, 2.24) is 10.8 Å². The highest BCUT2D eigenvalue weighted by molar-refractivity contribution is 7.92. The van der Waals surface area contributed by atoms with Gasteiger partial charge in [0.25, 0.3) is 5.91 Å². The molecule has 0 aromatic heterocycles. The molecule has 2 aromatic carbocycles. The lowest BCUT2D eigenvalue weighted by molar-refractivity contribution is -0.139. The van der Waals surface area contributed by atoms with E-state index in [1.165, 1.54) is 54.0 Å². The summed E-state index contributed by atoms with van der Waals surface area (Å²) < 4.78 is 45.3. The Morgan fingerprint density at radius 3 is 2.25 bits per heavy atom. The molecule has 1 saturated carbocycles. The summed E-state index contributed by atoms with van der Waals surface area (Å²) >= 11 is 0. The number of carboxylic acids is 1. The number of ether oxygens (including phenoxy) is 1. The second-order valence-corrected chi connectivity index (χ2v) is 9.57. The van der Waals surface area contributed by atoms with Gasteiger partial charge < -0.3 is 15.2 Å². The summed E-state index contributed by atoms with van der Waals surface area (Å²) in [6.45, 7) is -0.140. The molecule has 172 valence electrons. The Kier molecular flexibility index (Phi) is 7.12. The van der Waals surface area contributed by atoms with E-state index in [0.29, 0.717) is 17.9 Å². The van der Waals surface area contributed by atoms with Crippen LogP contribution in [0.1, 0.15) is 25.7 Å². The van der Waals surface area contributed by atoms with Crippen molar-refractivity contribution in [3.63, 3.8) is 0 Å². The molecule has 4 N–H and O–H groups in total. The Morgan fingerprint density at radius 1 is 1.09 bits per heavy atom. The number of hydroxylamine groups is 1. The summed E-state index contributed by atoms with van der Waals surface area (Å²) in [6.07, 6.45) is 0.351. The minimum Gasteiger partial charge on any atom is -0.481 e. The van der Waals surface area contributed by atoms with Crippen LogP contribution < -0.4 is 15.5 Å². The molecule has 11 heteroatoms. The maximum Gasteiger partial charge on any atom is 0.304 e. The third kappa shape index (κ3) is 4.90. The van der Waals surface area contributed by atoms with Crippen LogP contribution in [0.4, 0.5) is 4.39 Å². The average molecular weight is 466 g/mol. The molecule has 0 radical (unpaired) electrons. The number of carbonyl (C=O) groups is 2. The van der Waals surface area contributed by atoms with E-state index in [9.17, 15) is 27.6 Å². The summed E-state index contributed by atoms with van der Waals surface area (Å²) in [6, 6.07) is 10.9. The normalized spacial score (nSPS) is 20.6. The maximum absolute atomic E-state index is 13.4. The van der Waals surface area contributed by atoms with Gasteiger partial charge in [-0.05, 0) is 67.8 Å². The largest absolute Gasteiger partial charge is 0.481 e. The molecule has 2 aromatic rings. The number of sulfone groups is 1. The van der Waals surface area contributed by atoms with E-state index in [-0.39, 0.29) is 30.7 Å². The molecule has 0 saturated heterocycles. The van der Waals surface area contributed by atoms with Crippen molar-refractivity contribution in [2.45, 2.75) is 41.4 Å². The van der Waals surface area contributed by atoms with Gasteiger partial charge in [0.1, 0.15) is 22.9 Å². The number of carboxylic acid groups (broad SMARTS) is 1. The molecule has 1 amide bonds. The van der Waals surface area contributed by atoms with Crippen molar-refractivity contribution in [3.05, 3.63) is 54.3 Å². The smallest absolute Gasteiger partial charge is 0.304 e. The number of halogens is 1. The lowest BCUT2D eigenvalue weighted by Crippen LogP contribution is -2.63. The van der Waals surface area contributed by atoms with Gasteiger partial charge in [0, 0.05) is 6.54 Å². The van der Waals surface area contributed by atoms with Crippen LogP contribution in [0, 0.1) is 5.82 Å². The van der Waals surface area contributed by atoms with Crippen molar-refractivity contribution in [1.29, 1.82) is 0 Å². The molecule has 2 atom stereocenters.